The Morgan fingerprint density at radius 3 is 1.78 bits per heavy atom. The van der Waals surface area contributed by atoms with Crippen LogP contribution in [0.5, 0.6) is 0 Å². The summed E-state index contributed by atoms with van der Waals surface area (Å²) in [4.78, 5) is 27.6. The molecule has 0 aliphatic carbocycles. The van der Waals surface area contributed by atoms with E-state index in [4.69, 9.17) is 9.47 Å². The van der Waals surface area contributed by atoms with Crippen molar-refractivity contribution in [2.24, 2.45) is 0 Å². The summed E-state index contributed by atoms with van der Waals surface area (Å²) in [6.07, 6.45) is -0.917. The molecular formula is C16H30N2O5. The molecule has 1 saturated heterocycles. The zero-order chi connectivity index (χ0) is 18.0. The van der Waals surface area contributed by atoms with Crippen LogP contribution < -0.4 is 0 Å². The fraction of sp³-hybridized carbons (Fsp3) is 0.875. The third-order valence-electron chi connectivity index (χ3n) is 3.31. The number of amides is 2. The molecule has 0 spiro atoms. The fourth-order valence-electron chi connectivity index (χ4n) is 2.31. The van der Waals surface area contributed by atoms with Crippen molar-refractivity contribution >= 4 is 12.2 Å². The number of carbonyl (C=O) groups is 2. The minimum atomic E-state index is -0.609. The van der Waals surface area contributed by atoms with Crippen LogP contribution >= 0.6 is 0 Å². The molecule has 2 amide bonds. The third kappa shape index (κ3) is 5.89. The average molecular weight is 330 g/mol. The number of hydrogen-bond donors (Lipinski definition) is 1. The third-order valence-corrected chi connectivity index (χ3v) is 3.31. The van der Waals surface area contributed by atoms with Gasteiger partial charge in [0, 0.05) is 13.1 Å². The van der Waals surface area contributed by atoms with Crippen LogP contribution in [0.2, 0.25) is 0 Å². The smallest absolute Gasteiger partial charge is 0.410 e. The van der Waals surface area contributed by atoms with Gasteiger partial charge in [0.05, 0.1) is 18.7 Å². The van der Waals surface area contributed by atoms with E-state index in [1.807, 2.05) is 6.92 Å². The number of ether oxygens (including phenoxy) is 2. The van der Waals surface area contributed by atoms with Gasteiger partial charge in [0.15, 0.2) is 0 Å². The topological polar surface area (TPSA) is 79.3 Å². The Hall–Kier alpha value is -1.50. The number of piperazine rings is 1. The predicted octanol–water partition coefficient (Wildman–Crippen LogP) is 2.22. The second-order valence-electron chi connectivity index (χ2n) is 7.95. The molecule has 1 aliphatic rings. The van der Waals surface area contributed by atoms with E-state index in [1.54, 1.807) is 46.4 Å². The first-order valence-corrected chi connectivity index (χ1v) is 7.94. The molecule has 0 saturated carbocycles. The predicted molar refractivity (Wildman–Crippen MR) is 86.2 cm³/mol. The Kier molecular flexibility index (Phi) is 5.90. The molecule has 23 heavy (non-hydrogen) atoms. The lowest BCUT2D eigenvalue weighted by Gasteiger charge is -2.44. The number of hydrogen-bond acceptors (Lipinski definition) is 5. The summed E-state index contributed by atoms with van der Waals surface area (Å²) in [6, 6.07) is -0.728. The Morgan fingerprint density at radius 2 is 1.39 bits per heavy atom. The van der Waals surface area contributed by atoms with E-state index < -0.39 is 29.4 Å². The van der Waals surface area contributed by atoms with Crippen LogP contribution in [0.25, 0.3) is 0 Å². The molecule has 0 radical (unpaired) electrons. The van der Waals surface area contributed by atoms with Crippen molar-refractivity contribution in [3.63, 3.8) is 0 Å². The highest BCUT2D eigenvalue weighted by Crippen LogP contribution is 2.21. The van der Waals surface area contributed by atoms with Crippen molar-refractivity contribution in [3.05, 3.63) is 0 Å². The highest BCUT2D eigenvalue weighted by molar-refractivity contribution is 5.71. The molecule has 7 nitrogen and oxygen atoms in total. The van der Waals surface area contributed by atoms with Crippen molar-refractivity contribution < 1.29 is 24.2 Å². The van der Waals surface area contributed by atoms with Gasteiger partial charge in [-0.05, 0) is 48.5 Å². The van der Waals surface area contributed by atoms with Crippen LogP contribution in [0.15, 0.2) is 0 Å². The standard InChI is InChI=1S/C16H30N2O5/c1-11-8-18(14(21)23-16(5,6)7)12(10-19)9-17(11)13(20)22-15(2,3)4/h11-12,19H,8-10H2,1-7H3/t11-,12-/m0/s1. The van der Waals surface area contributed by atoms with Gasteiger partial charge in [-0.3, -0.25) is 4.90 Å². The maximum absolute atomic E-state index is 12.3. The Balaban J connectivity index is 2.81. The molecule has 1 aliphatic heterocycles. The molecule has 0 aromatic carbocycles. The summed E-state index contributed by atoms with van der Waals surface area (Å²) in [5, 5.41) is 9.60. The largest absolute Gasteiger partial charge is 0.444 e. The average Bonchev–Trinajstić information content (AvgIpc) is 2.34. The van der Waals surface area contributed by atoms with Gasteiger partial charge in [-0.1, -0.05) is 0 Å². The Bertz CT molecular complexity index is 439. The van der Waals surface area contributed by atoms with Gasteiger partial charge in [0.25, 0.3) is 0 Å². The molecule has 1 rings (SSSR count). The lowest BCUT2D eigenvalue weighted by atomic mass is 10.1. The van der Waals surface area contributed by atoms with Crippen molar-refractivity contribution in [3.8, 4) is 0 Å². The summed E-state index contributed by atoms with van der Waals surface area (Å²) >= 11 is 0. The minimum absolute atomic E-state index is 0.214. The van der Waals surface area contributed by atoms with Gasteiger partial charge < -0.3 is 19.5 Å². The maximum atomic E-state index is 12.3. The first-order valence-electron chi connectivity index (χ1n) is 7.94. The van der Waals surface area contributed by atoms with Gasteiger partial charge in [-0.2, -0.15) is 0 Å². The van der Waals surface area contributed by atoms with E-state index in [-0.39, 0.29) is 19.2 Å². The highest BCUT2D eigenvalue weighted by atomic mass is 16.6. The van der Waals surface area contributed by atoms with E-state index in [1.165, 1.54) is 4.90 Å². The van der Waals surface area contributed by atoms with Crippen molar-refractivity contribution in [1.29, 1.82) is 0 Å². The molecule has 0 aromatic rings. The van der Waals surface area contributed by atoms with Crippen LogP contribution in [0, 0.1) is 0 Å². The lowest BCUT2D eigenvalue weighted by Crippen LogP contribution is -2.62. The number of nitrogens with zero attached hydrogens (tertiary/aromatic N) is 2. The molecule has 7 heteroatoms. The van der Waals surface area contributed by atoms with E-state index >= 15 is 0 Å². The molecule has 0 aromatic heterocycles. The van der Waals surface area contributed by atoms with Gasteiger partial charge in [0.1, 0.15) is 11.2 Å². The van der Waals surface area contributed by atoms with Crippen LogP contribution in [-0.4, -0.2) is 70.1 Å². The van der Waals surface area contributed by atoms with Crippen molar-refractivity contribution in [2.45, 2.75) is 71.8 Å². The normalized spacial score (nSPS) is 22.8. The maximum Gasteiger partial charge on any atom is 0.410 e. The molecule has 0 unspecified atom stereocenters. The van der Waals surface area contributed by atoms with Crippen molar-refractivity contribution in [1.82, 2.24) is 9.80 Å². The summed E-state index contributed by atoms with van der Waals surface area (Å²) < 4.78 is 10.8. The molecule has 1 N–H and O–H groups in total. The number of aliphatic hydroxyl groups excluding tert-OH is 1. The summed E-state index contributed by atoms with van der Waals surface area (Å²) in [7, 11) is 0. The number of rotatable bonds is 1. The lowest BCUT2D eigenvalue weighted by molar-refractivity contribution is -0.0359. The summed E-state index contributed by atoms with van der Waals surface area (Å²) in [5.74, 6) is 0. The minimum Gasteiger partial charge on any atom is -0.444 e. The van der Waals surface area contributed by atoms with E-state index in [2.05, 4.69) is 0 Å². The van der Waals surface area contributed by atoms with Gasteiger partial charge in [-0.15, -0.1) is 0 Å². The first kappa shape index (κ1) is 19.5. The number of carbonyl (C=O) groups excluding carboxylic acids is 2. The fourth-order valence-corrected chi connectivity index (χ4v) is 2.31. The quantitative estimate of drug-likeness (QED) is 0.797. The molecule has 134 valence electrons. The first-order chi connectivity index (χ1) is 10.3. The van der Waals surface area contributed by atoms with Crippen LogP contribution in [0.3, 0.4) is 0 Å². The molecule has 2 atom stereocenters. The van der Waals surface area contributed by atoms with Gasteiger partial charge >= 0.3 is 12.2 Å². The zero-order valence-electron chi connectivity index (χ0n) is 15.3. The monoisotopic (exact) mass is 330 g/mol. The molecule has 0 bridgehead atoms. The summed E-state index contributed by atoms with van der Waals surface area (Å²) in [5.41, 5.74) is -1.20. The Labute approximate surface area is 138 Å². The van der Waals surface area contributed by atoms with Crippen molar-refractivity contribution in [2.75, 3.05) is 19.7 Å². The second kappa shape index (κ2) is 6.95. The Morgan fingerprint density at radius 1 is 0.957 bits per heavy atom. The molecule has 1 fully saturated rings. The van der Waals surface area contributed by atoms with Crippen LogP contribution in [0.1, 0.15) is 48.5 Å². The van der Waals surface area contributed by atoms with Crippen LogP contribution in [0.4, 0.5) is 9.59 Å². The highest BCUT2D eigenvalue weighted by Gasteiger charge is 2.39. The van der Waals surface area contributed by atoms with E-state index in [0.29, 0.717) is 6.54 Å². The second-order valence-corrected chi connectivity index (χ2v) is 7.95. The molecular weight excluding hydrogens is 300 g/mol. The van der Waals surface area contributed by atoms with Gasteiger partial charge in [-0.25, -0.2) is 9.59 Å². The van der Waals surface area contributed by atoms with E-state index in [9.17, 15) is 14.7 Å². The van der Waals surface area contributed by atoms with E-state index in [0.717, 1.165) is 0 Å². The molecule has 1 heterocycles. The SMILES string of the molecule is C[C@H]1CN(C(=O)OC(C)(C)C)[C@H](CO)CN1C(=O)OC(C)(C)C. The van der Waals surface area contributed by atoms with Gasteiger partial charge in [0.2, 0.25) is 0 Å². The summed E-state index contributed by atoms with van der Waals surface area (Å²) in [6.45, 7) is 12.9. The number of aliphatic hydroxyl groups is 1. The van der Waals surface area contributed by atoms with Crippen LogP contribution in [-0.2, 0) is 9.47 Å². The zero-order valence-corrected chi connectivity index (χ0v) is 15.3.